The van der Waals surface area contributed by atoms with Gasteiger partial charge in [0.05, 0.1) is 6.04 Å². The summed E-state index contributed by atoms with van der Waals surface area (Å²) in [5.41, 5.74) is 4.31. The van der Waals surface area contributed by atoms with E-state index in [1.807, 2.05) is 33.8 Å². The lowest BCUT2D eigenvalue weighted by Crippen LogP contribution is -2.41. The van der Waals surface area contributed by atoms with Gasteiger partial charge in [-0.05, 0) is 49.9 Å². The fraction of sp³-hybridized carbons (Fsp3) is 0.412. The van der Waals surface area contributed by atoms with Crippen molar-refractivity contribution in [3.05, 3.63) is 34.4 Å². The first-order valence-electron chi connectivity index (χ1n) is 7.64. The zero-order valence-corrected chi connectivity index (χ0v) is 14.5. The molecule has 2 rings (SSSR count). The van der Waals surface area contributed by atoms with Crippen LogP contribution >= 0.6 is 0 Å². The zero-order chi connectivity index (χ0) is 18.2. The largest absolute Gasteiger partial charge is 0.348 e. The minimum absolute atomic E-state index is 0.280. The van der Waals surface area contributed by atoms with E-state index in [0.29, 0.717) is 9.80 Å². The number of aryl methyl sites for hydroxylation is 3. The van der Waals surface area contributed by atoms with Crippen molar-refractivity contribution in [2.24, 2.45) is 0 Å². The Bertz CT molecular complexity index is 742. The van der Waals surface area contributed by atoms with Crippen LogP contribution in [-0.4, -0.2) is 47.1 Å². The summed E-state index contributed by atoms with van der Waals surface area (Å²) in [7, 11) is 1.21. The Morgan fingerprint density at radius 2 is 1.62 bits per heavy atom. The highest BCUT2D eigenvalue weighted by molar-refractivity contribution is 6.44. The van der Waals surface area contributed by atoms with E-state index in [0.717, 1.165) is 16.7 Å². The van der Waals surface area contributed by atoms with Crippen LogP contribution in [0.25, 0.3) is 0 Å². The normalized spacial score (nSPS) is 16.0. The van der Waals surface area contributed by atoms with Gasteiger partial charge in [-0.2, -0.15) is 0 Å². The highest BCUT2D eigenvalue weighted by Gasteiger charge is 2.43. The molecule has 1 N–H and O–H groups in total. The van der Waals surface area contributed by atoms with Crippen LogP contribution in [0.15, 0.2) is 12.1 Å². The van der Waals surface area contributed by atoms with E-state index in [1.165, 1.54) is 12.6 Å². The van der Waals surface area contributed by atoms with E-state index in [1.54, 1.807) is 0 Å². The average Bonchev–Trinajstić information content (AvgIpc) is 2.68. The summed E-state index contributed by atoms with van der Waals surface area (Å²) in [6.45, 7) is 7.34. The van der Waals surface area contributed by atoms with Gasteiger partial charge < -0.3 is 5.32 Å². The maximum atomic E-state index is 12.2. The van der Waals surface area contributed by atoms with Gasteiger partial charge in [-0.1, -0.05) is 12.1 Å². The first kappa shape index (κ1) is 17.7. The van der Waals surface area contributed by atoms with Crippen molar-refractivity contribution >= 4 is 23.8 Å². The molecule has 1 aliphatic rings. The van der Waals surface area contributed by atoms with Gasteiger partial charge in [-0.25, -0.2) is 9.69 Å². The monoisotopic (exact) mass is 331 g/mol. The SMILES string of the molecule is Cc1cc(C)c([C@H](C)NC(=O)CN2C(=O)C(=O)N(C)C2=O)cc1C. The molecule has 1 fully saturated rings. The maximum absolute atomic E-state index is 12.2. The van der Waals surface area contributed by atoms with Gasteiger partial charge >= 0.3 is 17.8 Å². The van der Waals surface area contributed by atoms with Gasteiger partial charge in [-0.3, -0.25) is 19.3 Å². The summed E-state index contributed by atoms with van der Waals surface area (Å²) in [5, 5.41) is 2.77. The van der Waals surface area contributed by atoms with Crippen LogP contribution in [0.1, 0.15) is 35.2 Å². The molecule has 1 aromatic carbocycles. The maximum Gasteiger partial charge on any atom is 0.334 e. The van der Waals surface area contributed by atoms with Crippen molar-refractivity contribution in [2.75, 3.05) is 13.6 Å². The van der Waals surface area contributed by atoms with Gasteiger partial charge in [0.25, 0.3) is 0 Å². The molecule has 7 heteroatoms. The number of nitrogens with zero attached hydrogens (tertiary/aromatic N) is 2. The number of urea groups is 1. The molecular formula is C17H21N3O4. The van der Waals surface area contributed by atoms with Crippen molar-refractivity contribution in [3.8, 4) is 0 Å². The molecular weight excluding hydrogens is 310 g/mol. The number of benzene rings is 1. The van der Waals surface area contributed by atoms with Crippen molar-refractivity contribution < 1.29 is 19.2 Å². The molecule has 1 atom stereocenters. The van der Waals surface area contributed by atoms with E-state index in [-0.39, 0.29) is 6.04 Å². The third kappa shape index (κ3) is 3.15. The Morgan fingerprint density at radius 3 is 2.17 bits per heavy atom. The van der Waals surface area contributed by atoms with Crippen LogP contribution < -0.4 is 5.32 Å². The second-order valence-corrected chi connectivity index (χ2v) is 6.12. The van der Waals surface area contributed by atoms with Crippen LogP contribution in [-0.2, 0) is 14.4 Å². The number of carbonyl (C=O) groups excluding carboxylic acids is 4. The molecule has 0 bridgehead atoms. The molecule has 1 aromatic rings. The van der Waals surface area contributed by atoms with E-state index < -0.39 is 30.3 Å². The lowest BCUT2D eigenvalue weighted by molar-refractivity contribution is -0.143. The second-order valence-electron chi connectivity index (χ2n) is 6.12. The summed E-state index contributed by atoms with van der Waals surface area (Å²) in [5.74, 6) is -2.40. The second kappa shape index (κ2) is 6.43. The molecule has 0 unspecified atom stereocenters. The lowest BCUT2D eigenvalue weighted by Gasteiger charge is -2.20. The molecule has 0 aromatic heterocycles. The highest BCUT2D eigenvalue weighted by atomic mass is 16.2. The standard InChI is InChI=1S/C17H21N3O4/c1-9-6-11(3)13(7-10(9)2)12(4)18-14(21)8-20-16(23)15(22)19(5)17(20)24/h6-7,12H,8H2,1-5H3,(H,18,21)/t12-/m0/s1. The van der Waals surface area contributed by atoms with Gasteiger partial charge in [0.15, 0.2) is 0 Å². The lowest BCUT2D eigenvalue weighted by atomic mass is 9.96. The molecule has 0 saturated carbocycles. The molecule has 128 valence electrons. The Morgan fingerprint density at radius 1 is 1.04 bits per heavy atom. The van der Waals surface area contributed by atoms with Crippen LogP contribution in [0.2, 0.25) is 0 Å². The summed E-state index contributed by atoms with van der Waals surface area (Å²) in [6.07, 6.45) is 0. The Hall–Kier alpha value is -2.70. The predicted octanol–water partition coefficient (Wildman–Crippen LogP) is 1.21. The van der Waals surface area contributed by atoms with Crippen LogP contribution in [0, 0.1) is 20.8 Å². The fourth-order valence-corrected chi connectivity index (χ4v) is 2.71. The minimum Gasteiger partial charge on any atom is -0.348 e. The van der Waals surface area contributed by atoms with E-state index >= 15 is 0 Å². The molecule has 7 nitrogen and oxygen atoms in total. The van der Waals surface area contributed by atoms with Gasteiger partial charge in [0.1, 0.15) is 6.54 Å². The molecule has 1 heterocycles. The van der Waals surface area contributed by atoms with E-state index in [4.69, 9.17) is 0 Å². The molecule has 0 aliphatic carbocycles. The third-order valence-corrected chi connectivity index (χ3v) is 4.28. The fourth-order valence-electron chi connectivity index (χ4n) is 2.71. The topological polar surface area (TPSA) is 86.8 Å². The zero-order valence-electron chi connectivity index (χ0n) is 14.5. The van der Waals surface area contributed by atoms with Crippen LogP contribution in [0.3, 0.4) is 0 Å². The quantitative estimate of drug-likeness (QED) is 0.664. The molecule has 1 aliphatic heterocycles. The Kier molecular flexibility index (Phi) is 4.73. The van der Waals surface area contributed by atoms with E-state index in [2.05, 4.69) is 11.4 Å². The van der Waals surface area contributed by atoms with Gasteiger partial charge in [-0.15, -0.1) is 0 Å². The molecule has 1 saturated heterocycles. The number of hydrogen-bond donors (Lipinski definition) is 1. The Balaban J connectivity index is 2.08. The van der Waals surface area contributed by atoms with Crippen molar-refractivity contribution in [1.82, 2.24) is 15.1 Å². The van der Waals surface area contributed by atoms with Gasteiger partial charge in [0.2, 0.25) is 5.91 Å². The number of imide groups is 2. The van der Waals surface area contributed by atoms with Crippen molar-refractivity contribution in [2.45, 2.75) is 33.7 Å². The average molecular weight is 331 g/mol. The molecule has 5 amide bonds. The first-order valence-corrected chi connectivity index (χ1v) is 7.64. The number of nitrogens with one attached hydrogen (secondary N) is 1. The third-order valence-electron chi connectivity index (χ3n) is 4.28. The van der Waals surface area contributed by atoms with Crippen molar-refractivity contribution in [1.29, 1.82) is 0 Å². The molecule has 0 spiro atoms. The predicted molar refractivity (Wildman–Crippen MR) is 87.1 cm³/mol. The number of likely N-dealkylation sites (N-methyl/N-ethyl adjacent to an activating group) is 1. The number of amides is 5. The van der Waals surface area contributed by atoms with Crippen LogP contribution in [0.5, 0.6) is 0 Å². The summed E-state index contributed by atoms with van der Waals surface area (Å²) in [4.78, 5) is 48.4. The highest BCUT2D eigenvalue weighted by Crippen LogP contribution is 2.21. The van der Waals surface area contributed by atoms with E-state index in [9.17, 15) is 19.2 Å². The van der Waals surface area contributed by atoms with Crippen molar-refractivity contribution in [3.63, 3.8) is 0 Å². The number of carbonyl (C=O) groups is 4. The summed E-state index contributed by atoms with van der Waals surface area (Å²) >= 11 is 0. The summed E-state index contributed by atoms with van der Waals surface area (Å²) < 4.78 is 0. The van der Waals surface area contributed by atoms with Gasteiger partial charge in [0, 0.05) is 7.05 Å². The molecule has 24 heavy (non-hydrogen) atoms. The first-order chi connectivity index (χ1) is 11.1. The Labute approximate surface area is 140 Å². The number of hydrogen-bond acceptors (Lipinski definition) is 4. The number of rotatable bonds is 4. The molecule has 0 radical (unpaired) electrons. The minimum atomic E-state index is -0.979. The summed E-state index contributed by atoms with van der Waals surface area (Å²) in [6, 6.07) is 3.00. The smallest absolute Gasteiger partial charge is 0.334 e. The van der Waals surface area contributed by atoms with Crippen LogP contribution in [0.4, 0.5) is 4.79 Å².